The number of likely N-dealkylation sites (tertiary alicyclic amines) is 1. The van der Waals surface area contributed by atoms with Crippen LogP contribution in [0.1, 0.15) is 40.2 Å². The second kappa shape index (κ2) is 9.15. The normalized spacial score (nSPS) is 14.7. The molecular weight excluding hydrogens is 457 g/mol. The van der Waals surface area contributed by atoms with Gasteiger partial charge in [-0.25, -0.2) is 22.5 Å². The quantitative estimate of drug-likeness (QED) is 0.568. The maximum Gasteiger partial charge on any atom is 0.265 e. The van der Waals surface area contributed by atoms with Crippen molar-refractivity contribution in [2.45, 2.75) is 36.9 Å². The predicted octanol–water partition coefficient (Wildman–Crippen LogP) is 4.42. The minimum Gasteiger partial charge on any atom is -0.338 e. The van der Waals surface area contributed by atoms with E-state index in [0.717, 1.165) is 43.7 Å². The summed E-state index contributed by atoms with van der Waals surface area (Å²) in [5, 5.41) is 2.37. The summed E-state index contributed by atoms with van der Waals surface area (Å²) in [6.45, 7) is 3.42. The largest absolute Gasteiger partial charge is 0.338 e. The van der Waals surface area contributed by atoms with E-state index in [1.54, 1.807) is 11.4 Å². The molecule has 1 saturated heterocycles. The lowest BCUT2D eigenvalue weighted by atomic mass is 10.1. The highest BCUT2D eigenvalue weighted by molar-refractivity contribution is 7.91. The number of thiazole rings is 1. The van der Waals surface area contributed by atoms with Crippen LogP contribution in [0.5, 0.6) is 0 Å². The lowest BCUT2D eigenvalue weighted by Gasteiger charge is -2.26. The molecule has 1 N–H and O–H groups in total. The van der Waals surface area contributed by atoms with E-state index in [2.05, 4.69) is 9.71 Å². The van der Waals surface area contributed by atoms with Gasteiger partial charge in [0.2, 0.25) is 10.0 Å². The minimum absolute atomic E-state index is 0.00462. The molecule has 0 saturated carbocycles. The Bertz CT molecular complexity index is 1180. The number of hydrogen-bond acceptors (Lipinski definition) is 6. The third kappa shape index (κ3) is 5.03. The summed E-state index contributed by atoms with van der Waals surface area (Å²) in [7, 11) is -3.72. The summed E-state index contributed by atoms with van der Waals surface area (Å²) < 4.78 is 41.0. The van der Waals surface area contributed by atoms with E-state index in [9.17, 15) is 17.6 Å². The van der Waals surface area contributed by atoms with Crippen molar-refractivity contribution in [3.05, 3.63) is 57.7 Å². The zero-order valence-electron chi connectivity index (χ0n) is 16.9. The monoisotopic (exact) mass is 479 g/mol. The van der Waals surface area contributed by atoms with Gasteiger partial charge in [0, 0.05) is 30.6 Å². The number of hydrogen-bond donors (Lipinski definition) is 1. The maximum absolute atomic E-state index is 13.0. The van der Waals surface area contributed by atoms with Gasteiger partial charge in [0.1, 0.15) is 19.9 Å². The van der Waals surface area contributed by atoms with Crippen LogP contribution in [0.25, 0.3) is 10.6 Å². The van der Waals surface area contributed by atoms with Crippen LogP contribution in [0, 0.1) is 12.7 Å². The fourth-order valence-corrected chi connectivity index (χ4v) is 6.70. The number of halogens is 1. The Hall–Kier alpha value is -2.14. The molecule has 2 aromatic heterocycles. The Kier molecular flexibility index (Phi) is 6.52. The molecule has 3 heterocycles. The first-order chi connectivity index (χ1) is 14.8. The van der Waals surface area contributed by atoms with Crippen LogP contribution in [0.15, 0.2) is 39.9 Å². The van der Waals surface area contributed by atoms with Crippen LogP contribution >= 0.6 is 22.7 Å². The Morgan fingerprint density at radius 2 is 1.90 bits per heavy atom. The van der Waals surface area contributed by atoms with Crippen molar-refractivity contribution >= 4 is 38.6 Å². The van der Waals surface area contributed by atoms with E-state index >= 15 is 0 Å². The number of benzene rings is 1. The molecule has 0 atom stereocenters. The van der Waals surface area contributed by atoms with Crippen molar-refractivity contribution in [2.24, 2.45) is 0 Å². The van der Waals surface area contributed by atoms with E-state index in [1.165, 1.54) is 35.6 Å². The van der Waals surface area contributed by atoms with Gasteiger partial charge in [-0.05, 0) is 49.9 Å². The molecule has 0 unspecified atom stereocenters. The van der Waals surface area contributed by atoms with Crippen LogP contribution < -0.4 is 4.72 Å². The van der Waals surface area contributed by atoms with Crippen LogP contribution in [-0.4, -0.2) is 37.3 Å². The molecule has 4 rings (SSSR count). The van der Waals surface area contributed by atoms with Gasteiger partial charge in [0.25, 0.3) is 5.91 Å². The Morgan fingerprint density at radius 3 is 2.61 bits per heavy atom. The van der Waals surface area contributed by atoms with Gasteiger partial charge in [0.05, 0.1) is 5.69 Å². The van der Waals surface area contributed by atoms with Crippen LogP contribution in [0.4, 0.5) is 4.39 Å². The number of nitrogens with one attached hydrogen (secondary N) is 1. The zero-order valence-corrected chi connectivity index (χ0v) is 19.4. The molecular formula is C21H22FN3O3S3. The minimum atomic E-state index is -3.72. The van der Waals surface area contributed by atoms with E-state index in [0.29, 0.717) is 26.7 Å². The number of amides is 1. The van der Waals surface area contributed by atoms with Crippen molar-refractivity contribution in [1.29, 1.82) is 0 Å². The lowest BCUT2D eigenvalue weighted by Crippen LogP contribution is -2.35. The van der Waals surface area contributed by atoms with Gasteiger partial charge < -0.3 is 4.90 Å². The van der Waals surface area contributed by atoms with Crippen LogP contribution in [0.3, 0.4) is 0 Å². The highest BCUT2D eigenvalue weighted by Crippen LogP contribution is 2.33. The van der Waals surface area contributed by atoms with Gasteiger partial charge in [-0.3, -0.25) is 4.79 Å². The van der Waals surface area contributed by atoms with E-state index in [-0.39, 0.29) is 22.5 Å². The van der Waals surface area contributed by atoms with E-state index in [4.69, 9.17) is 0 Å². The molecule has 0 bridgehead atoms. The average Bonchev–Trinajstić information content (AvgIpc) is 3.41. The molecule has 164 valence electrons. The molecule has 0 aliphatic carbocycles. The number of thiophene rings is 1. The SMILES string of the molecule is Cc1nc(-c2csc(S(=O)(=O)NCc3ccc(F)cc3)c2)sc1C(=O)N1CCCCC1. The first-order valence-corrected chi connectivity index (χ1v) is 13.1. The number of nitrogens with zero attached hydrogens (tertiary/aromatic N) is 2. The molecule has 31 heavy (non-hydrogen) atoms. The van der Waals surface area contributed by atoms with E-state index < -0.39 is 10.0 Å². The summed E-state index contributed by atoms with van der Waals surface area (Å²) in [4.78, 5) is 19.8. The molecule has 1 aliphatic heterocycles. The first-order valence-electron chi connectivity index (χ1n) is 9.93. The van der Waals surface area contributed by atoms with Gasteiger partial charge in [0.15, 0.2) is 0 Å². The Morgan fingerprint density at radius 1 is 1.19 bits per heavy atom. The third-order valence-electron chi connectivity index (χ3n) is 5.10. The molecule has 1 aliphatic rings. The number of carbonyl (C=O) groups excluding carboxylic acids is 1. The van der Waals surface area contributed by atoms with Gasteiger partial charge >= 0.3 is 0 Å². The Labute approximate surface area is 188 Å². The number of aryl methyl sites for hydroxylation is 1. The van der Waals surface area contributed by atoms with Crippen molar-refractivity contribution in [2.75, 3.05) is 13.1 Å². The summed E-state index contributed by atoms with van der Waals surface area (Å²) in [6.07, 6.45) is 3.19. The second-order valence-corrected chi connectivity index (χ2v) is 11.3. The van der Waals surface area contributed by atoms with Crippen molar-refractivity contribution in [3.63, 3.8) is 0 Å². The number of rotatable bonds is 6. The standard InChI is InChI=1S/C21H22FN3O3S3/c1-14-19(21(26)25-9-3-2-4-10-25)30-20(24-14)16-11-18(29-13-16)31(27,28)23-12-15-5-7-17(22)8-6-15/h5-8,11,13,23H,2-4,9-10,12H2,1H3. The first kappa shape index (κ1) is 22.1. The Balaban J connectivity index is 1.49. The van der Waals surface area contributed by atoms with E-state index in [1.807, 2.05) is 11.8 Å². The smallest absolute Gasteiger partial charge is 0.265 e. The highest BCUT2D eigenvalue weighted by atomic mass is 32.2. The molecule has 1 aromatic carbocycles. The van der Waals surface area contributed by atoms with Crippen molar-refractivity contribution in [1.82, 2.24) is 14.6 Å². The van der Waals surface area contributed by atoms with Crippen molar-refractivity contribution in [3.8, 4) is 10.6 Å². The van der Waals surface area contributed by atoms with Crippen molar-refractivity contribution < 1.29 is 17.6 Å². The van der Waals surface area contributed by atoms with Gasteiger partial charge in [-0.15, -0.1) is 22.7 Å². The summed E-state index contributed by atoms with van der Waals surface area (Å²) in [5.74, 6) is -0.364. The molecule has 0 radical (unpaired) electrons. The lowest BCUT2D eigenvalue weighted by molar-refractivity contribution is 0.0728. The number of sulfonamides is 1. The highest BCUT2D eigenvalue weighted by Gasteiger charge is 2.24. The summed E-state index contributed by atoms with van der Waals surface area (Å²) in [5.41, 5.74) is 2.01. The topological polar surface area (TPSA) is 79.4 Å². The molecule has 6 nitrogen and oxygen atoms in total. The fourth-order valence-electron chi connectivity index (χ4n) is 3.38. The molecule has 3 aromatic rings. The molecule has 1 fully saturated rings. The average molecular weight is 480 g/mol. The second-order valence-electron chi connectivity index (χ2n) is 7.39. The maximum atomic E-state index is 13.0. The number of carbonyl (C=O) groups is 1. The van der Waals surface area contributed by atoms with Gasteiger partial charge in [-0.1, -0.05) is 12.1 Å². The molecule has 1 amide bonds. The predicted molar refractivity (Wildman–Crippen MR) is 120 cm³/mol. The third-order valence-corrected chi connectivity index (χ3v) is 9.14. The molecule has 0 spiro atoms. The fraction of sp³-hybridized carbons (Fsp3) is 0.333. The zero-order chi connectivity index (χ0) is 22.0. The van der Waals surface area contributed by atoms with Gasteiger partial charge in [-0.2, -0.15) is 0 Å². The molecule has 10 heteroatoms. The van der Waals surface area contributed by atoms with Crippen LogP contribution in [-0.2, 0) is 16.6 Å². The summed E-state index contributed by atoms with van der Waals surface area (Å²) in [6, 6.07) is 7.24. The number of piperidine rings is 1. The van der Waals surface area contributed by atoms with Crippen LogP contribution in [0.2, 0.25) is 0 Å². The number of aromatic nitrogens is 1. The summed E-state index contributed by atoms with van der Waals surface area (Å²) >= 11 is 2.40.